The van der Waals surface area contributed by atoms with Crippen molar-refractivity contribution in [1.29, 1.82) is 0 Å². The number of benzene rings is 3. The lowest BCUT2D eigenvalue weighted by atomic mass is 10.1. The van der Waals surface area contributed by atoms with E-state index in [1.807, 2.05) is 30.3 Å². The highest BCUT2D eigenvalue weighted by atomic mass is 79.9. The van der Waals surface area contributed by atoms with Crippen LogP contribution < -0.4 is 15.4 Å². The molecule has 0 bridgehead atoms. The van der Waals surface area contributed by atoms with Crippen molar-refractivity contribution >= 4 is 39.1 Å². The molecule has 3 rings (SSSR count). The van der Waals surface area contributed by atoms with Gasteiger partial charge in [0.05, 0.1) is 11.1 Å². The number of carbonyl (C=O) groups excluding carboxylic acids is 2. The topological polar surface area (TPSA) is 67.4 Å². The van der Waals surface area contributed by atoms with Crippen LogP contribution >= 0.6 is 15.9 Å². The van der Waals surface area contributed by atoms with Crippen LogP contribution in [0.1, 0.15) is 42.6 Å². The molecule has 3 aromatic carbocycles. The molecule has 0 atom stereocenters. The summed E-state index contributed by atoms with van der Waals surface area (Å²) in [6, 6.07) is 22.3. The fourth-order valence-corrected chi connectivity index (χ4v) is 3.66. The first-order chi connectivity index (χ1) is 15.9. The van der Waals surface area contributed by atoms with Crippen molar-refractivity contribution in [2.45, 2.75) is 33.1 Å². The summed E-state index contributed by atoms with van der Waals surface area (Å²) in [5.41, 5.74) is 2.88. The summed E-state index contributed by atoms with van der Waals surface area (Å²) in [4.78, 5) is 25.0. The Bertz CT molecular complexity index is 1080. The molecular formula is C27H29BrN2O3. The Labute approximate surface area is 203 Å². The largest absolute Gasteiger partial charge is 0.492 e. The number of amides is 2. The molecule has 33 heavy (non-hydrogen) atoms. The lowest BCUT2D eigenvalue weighted by Crippen LogP contribution is -2.14. The van der Waals surface area contributed by atoms with Crippen LogP contribution in [0, 0.1) is 5.92 Å². The number of hydrogen-bond donors (Lipinski definition) is 2. The summed E-state index contributed by atoms with van der Waals surface area (Å²) >= 11 is 3.49. The van der Waals surface area contributed by atoms with E-state index in [9.17, 15) is 9.59 Å². The standard InChI is InChI=1S/C27H29BrN2O3/c1-19(2)15-16-33-25-13-12-21(17-24(25)28)27(32)30-23-10-6-9-22(18-23)29-26(31)14-11-20-7-4-3-5-8-20/h3-10,12-13,17-19H,11,14-16H2,1-2H3,(H,29,31)(H,30,32). The minimum absolute atomic E-state index is 0.0701. The first kappa shape index (κ1) is 24.5. The van der Waals surface area contributed by atoms with E-state index >= 15 is 0 Å². The van der Waals surface area contributed by atoms with Gasteiger partial charge in [-0.1, -0.05) is 50.2 Å². The van der Waals surface area contributed by atoms with E-state index < -0.39 is 0 Å². The average molecular weight is 509 g/mol. The molecule has 0 radical (unpaired) electrons. The molecule has 3 aromatic rings. The monoisotopic (exact) mass is 508 g/mol. The van der Waals surface area contributed by atoms with Crippen LogP contribution in [0.4, 0.5) is 11.4 Å². The maximum absolute atomic E-state index is 12.7. The summed E-state index contributed by atoms with van der Waals surface area (Å²) in [5, 5.41) is 5.78. The van der Waals surface area contributed by atoms with Gasteiger partial charge < -0.3 is 15.4 Å². The van der Waals surface area contributed by atoms with Crippen molar-refractivity contribution in [2.75, 3.05) is 17.2 Å². The van der Waals surface area contributed by atoms with Crippen molar-refractivity contribution in [1.82, 2.24) is 0 Å². The molecule has 2 amide bonds. The molecule has 0 fully saturated rings. The van der Waals surface area contributed by atoms with Gasteiger partial charge in [-0.2, -0.15) is 0 Å². The van der Waals surface area contributed by atoms with Gasteiger partial charge in [-0.15, -0.1) is 0 Å². The van der Waals surface area contributed by atoms with E-state index in [2.05, 4.69) is 40.4 Å². The summed E-state index contributed by atoms with van der Waals surface area (Å²) < 4.78 is 6.52. The summed E-state index contributed by atoms with van der Waals surface area (Å²) in [6.07, 6.45) is 2.03. The Morgan fingerprint density at radius 2 is 1.64 bits per heavy atom. The Morgan fingerprint density at radius 1 is 0.909 bits per heavy atom. The normalized spacial score (nSPS) is 10.7. The lowest BCUT2D eigenvalue weighted by molar-refractivity contribution is -0.116. The molecule has 0 aliphatic rings. The van der Waals surface area contributed by atoms with Gasteiger partial charge >= 0.3 is 0 Å². The van der Waals surface area contributed by atoms with E-state index in [4.69, 9.17) is 4.74 Å². The van der Waals surface area contributed by atoms with Crippen molar-refractivity contribution in [3.63, 3.8) is 0 Å². The quantitative estimate of drug-likeness (QED) is 0.320. The maximum Gasteiger partial charge on any atom is 0.255 e. The SMILES string of the molecule is CC(C)CCOc1ccc(C(=O)Nc2cccc(NC(=O)CCc3ccccc3)c2)cc1Br. The summed E-state index contributed by atoms with van der Waals surface area (Å²) in [6.45, 7) is 4.93. The smallest absolute Gasteiger partial charge is 0.255 e. The van der Waals surface area contributed by atoms with E-state index in [0.717, 1.165) is 16.5 Å². The Balaban J connectivity index is 1.55. The predicted molar refractivity (Wildman–Crippen MR) is 137 cm³/mol. The van der Waals surface area contributed by atoms with Gasteiger partial charge in [0.1, 0.15) is 5.75 Å². The van der Waals surface area contributed by atoms with E-state index in [1.165, 1.54) is 0 Å². The molecule has 0 spiro atoms. The molecule has 0 aromatic heterocycles. The van der Waals surface area contributed by atoms with Gasteiger partial charge in [-0.05, 0) is 76.7 Å². The number of carbonyl (C=O) groups is 2. The first-order valence-corrected chi connectivity index (χ1v) is 11.9. The molecule has 0 aliphatic carbocycles. The third-order valence-electron chi connectivity index (χ3n) is 5.03. The van der Waals surface area contributed by atoms with Crippen molar-refractivity contribution < 1.29 is 14.3 Å². The molecule has 2 N–H and O–H groups in total. The maximum atomic E-state index is 12.7. The van der Waals surface area contributed by atoms with E-state index in [-0.39, 0.29) is 11.8 Å². The third kappa shape index (κ3) is 8.06. The first-order valence-electron chi connectivity index (χ1n) is 11.1. The highest BCUT2D eigenvalue weighted by Crippen LogP contribution is 2.27. The van der Waals surface area contributed by atoms with Crippen LogP contribution in [0.15, 0.2) is 77.3 Å². The van der Waals surface area contributed by atoms with Gasteiger partial charge in [-0.25, -0.2) is 0 Å². The third-order valence-corrected chi connectivity index (χ3v) is 5.65. The Hall–Kier alpha value is -3.12. The average Bonchev–Trinajstić information content (AvgIpc) is 2.79. The zero-order valence-corrected chi connectivity index (χ0v) is 20.5. The van der Waals surface area contributed by atoms with Gasteiger partial charge in [0.2, 0.25) is 5.91 Å². The minimum atomic E-state index is -0.239. The fraction of sp³-hybridized carbons (Fsp3) is 0.259. The van der Waals surface area contributed by atoms with Crippen LogP contribution in [0.2, 0.25) is 0 Å². The van der Waals surface area contributed by atoms with Crippen molar-refractivity contribution in [3.05, 3.63) is 88.4 Å². The number of nitrogens with one attached hydrogen (secondary N) is 2. The fourth-order valence-electron chi connectivity index (χ4n) is 3.17. The van der Waals surface area contributed by atoms with Crippen molar-refractivity contribution in [3.8, 4) is 5.75 Å². The number of anilines is 2. The molecule has 6 heteroatoms. The molecule has 0 unspecified atom stereocenters. The number of hydrogen-bond acceptors (Lipinski definition) is 3. The predicted octanol–water partition coefficient (Wildman–Crippen LogP) is 6.70. The zero-order chi connectivity index (χ0) is 23.6. The zero-order valence-electron chi connectivity index (χ0n) is 18.9. The van der Waals surface area contributed by atoms with Gasteiger partial charge in [0.25, 0.3) is 5.91 Å². The second kappa shape index (κ2) is 12.2. The Kier molecular flexibility index (Phi) is 9.07. The van der Waals surface area contributed by atoms with Crippen LogP contribution in [0.3, 0.4) is 0 Å². The van der Waals surface area contributed by atoms with Crippen LogP contribution in [0.5, 0.6) is 5.75 Å². The van der Waals surface area contributed by atoms with Gasteiger partial charge in [0, 0.05) is 23.4 Å². The molecular weight excluding hydrogens is 480 g/mol. The minimum Gasteiger partial charge on any atom is -0.492 e. The summed E-state index contributed by atoms with van der Waals surface area (Å²) in [7, 11) is 0. The summed E-state index contributed by atoms with van der Waals surface area (Å²) in [5.74, 6) is 0.974. The van der Waals surface area contributed by atoms with Crippen molar-refractivity contribution in [2.24, 2.45) is 5.92 Å². The van der Waals surface area contributed by atoms with E-state index in [1.54, 1.807) is 42.5 Å². The molecule has 172 valence electrons. The van der Waals surface area contributed by atoms with Crippen LogP contribution in [-0.2, 0) is 11.2 Å². The second-order valence-corrected chi connectivity index (χ2v) is 9.10. The highest BCUT2D eigenvalue weighted by molar-refractivity contribution is 9.10. The van der Waals surface area contributed by atoms with Gasteiger partial charge in [-0.3, -0.25) is 9.59 Å². The van der Waals surface area contributed by atoms with Crippen LogP contribution in [0.25, 0.3) is 0 Å². The molecule has 0 saturated carbocycles. The van der Waals surface area contributed by atoms with E-state index in [0.29, 0.717) is 48.1 Å². The molecule has 5 nitrogen and oxygen atoms in total. The number of halogens is 1. The number of aryl methyl sites for hydroxylation is 1. The molecule has 0 aliphatic heterocycles. The highest BCUT2D eigenvalue weighted by Gasteiger charge is 2.11. The van der Waals surface area contributed by atoms with Gasteiger partial charge in [0.15, 0.2) is 0 Å². The Morgan fingerprint density at radius 3 is 2.33 bits per heavy atom. The number of rotatable bonds is 10. The second-order valence-electron chi connectivity index (χ2n) is 8.24. The lowest BCUT2D eigenvalue weighted by Gasteiger charge is -2.12. The van der Waals surface area contributed by atoms with Crippen LogP contribution in [-0.4, -0.2) is 18.4 Å². The molecule has 0 saturated heterocycles. The number of ether oxygens (including phenoxy) is 1. The molecule has 0 heterocycles.